The second kappa shape index (κ2) is 8.08. The normalized spacial score (nSPS) is 11.1. The molecular weight excluding hydrogens is 274 g/mol. The highest BCUT2D eigenvalue weighted by Crippen LogP contribution is 2.16. The van der Waals surface area contributed by atoms with Gasteiger partial charge in [-0.05, 0) is 18.6 Å². The lowest BCUT2D eigenvalue weighted by Crippen LogP contribution is -2.36. The summed E-state index contributed by atoms with van der Waals surface area (Å²) < 4.78 is 5.35. The first-order valence-corrected chi connectivity index (χ1v) is 7.35. The summed E-state index contributed by atoms with van der Waals surface area (Å²) in [4.78, 5) is 4.25. The van der Waals surface area contributed by atoms with Crippen LogP contribution in [0.15, 0.2) is 53.5 Å². The van der Waals surface area contributed by atoms with Gasteiger partial charge in [-0.3, -0.25) is 4.99 Å². The van der Waals surface area contributed by atoms with E-state index in [2.05, 4.69) is 46.8 Å². The molecule has 22 heavy (non-hydrogen) atoms. The predicted molar refractivity (Wildman–Crippen MR) is 91.2 cm³/mol. The van der Waals surface area contributed by atoms with Gasteiger partial charge >= 0.3 is 0 Å². The molecule has 0 heterocycles. The molecule has 2 aromatic rings. The third-order valence-corrected chi connectivity index (χ3v) is 3.40. The molecule has 0 bridgehead atoms. The standard InChI is InChI=1S/C18H23N3O/c1-14-7-6-8-15(11-14)12-20-18(19-2)21-13-16-9-4-5-10-17(16)22-3/h4-11H,12-13H2,1-3H3,(H2,19,20,21). The summed E-state index contributed by atoms with van der Waals surface area (Å²) in [5.41, 5.74) is 3.60. The van der Waals surface area contributed by atoms with Crippen LogP contribution < -0.4 is 15.4 Å². The van der Waals surface area contributed by atoms with Crippen molar-refractivity contribution in [3.63, 3.8) is 0 Å². The van der Waals surface area contributed by atoms with Gasteiger partial charge in [0.25, 0.3) is 0 Å². The minimum absolute atomic E-state index is 0.664. The van der Waals surface area contributed by atoms with Gasteiger partial charge in [0.05, 0.1) is 7.11 Å². The van der Waals surface area contributed by atoms with Crippen LogP contribution in [0.3, 0.4) is 0 Å². The van der Waals surface area contributed by atoms with Crippen molar-refractivity contribution in [3.05, 3.63) is 65.2 Å². The molecular formula is C18H23N3O. The highest BCUT2D eigenvalue weighted by Gasteiger charge is 2.03. The first-order valence-electron chi connectivity index (χ1n) is 7.35. The predicted octanol–water partition coefficient (Wildman–Crippen LogP) is 2.87. The molecule has 0 saturated heterocycles. The van der Waals surface area contributed by atoms with Crippen molar-refractivity contribution < 1.29 is 4.74 Å². The summed E-state index contributed by atoms with van der Waals surface area (Å²) in [5, 5.41) is 6.62. The number of methoxy groups -OCH3 is 1. The molecule has 0 fully saturated rings. The molecule has 0 saturated carbocycles. The van der Waals surface area contributed by atoms with E-state index in [-0.39, 0.29) is 0 Å². The van der Waals surface area contributed by atoms with E-state index in [0.29, 0.717) is 6.54 Å². The van der Waals surface area contributed by atoms with Crippen LogP contribution in [0.2, 0.25) is 0 Å². The SMILES string of the molecule is CN=C(NCc1cccc(C)c1)NCc1ccccc1OC. The summed E-state index contributed by atoms with van der Waals surface area (Å²) in [7, 11) is 3.46. The lowest BCUT2D eigenvalue weighted by Gasteiger charge is -2.14. The number of hydrogen-bond acceptors (Lipinski definition) is 2. The van der Waals surface area contributed by atoms with Gasteiger partial charge < -0.3 is 15.4 Å². The number of benzene rings is 2. The van der Waals surface area contributed by atoms with Crippen molar-refractivity contribution in [1.29, 1.82) is 0 Å². The van der Waals surface area contributed by atoms with Gasteiger partial charge in [-0.1, -0.05) is 48.0 Å². The maximum atomic E-state index is 5.35. The van der Waals surface area contributed by atoms with Gasteiger partial charge in [-0.25, -0.2) is 0 Å². The van der Waals surface area contributed by atoms with Gasteiger partial charge in [0.2, 0.25) is 0 Å². The highest BCUT2D eigenvalue weighted by atomic mass is 16.5. The van der Waals surface area contributed by atoms with Crippen LogP contribution in [0.5, 0.6) is 5.75 Å². The number of hydrogen-bond donors (Lipinski definition) is 2. The van der Waals surface area contributed by atoms with Gasteiger partial charge in [0.15, 0.2) is 5.96 Å². The smallest absolute Gasteiger partial charge is 0.191 e. The first-order chi connectivity index (χ1) is 10.7. The van der Waals surface area contributed by atoms with Crippen LogP contribution in [0, 0.1) is 6.92 Å². The zero-order valence-corrected chi connectivity index (χ0v) is 13.4. The van der Waals surface area contributed by atoms with Crippen molar-refractivity contribution in [2.75, 3.05) is 14.2 Å². The zero-order valence-electron chi connectivity index (χ0n) is 13.4. The molecule has 4 nitrogen and oxygen atoms in total. The Labute approximate surface area is 132 Å². The number of guanidine groups is 1. The van der Waals surface area contributed by atoms with Gasteiger partial charge in [0, 0.05) is 25.7 Å². The molecule has 4 heteroatoms. The lowest BCUT2D eigenvalue weighted by atomic mass is 10.1. The highest BCUT2D eigenvalue weighted by molar-refractivity contribution is 5.79. The Hall–Kier alpha value is -2.49. The average molecular weight is 297 g/mol. The molecule has 0 atom stereocenters. The Balaban J connectivity index is 1.90. The summed E-state index contributed by atoms with van der Waals surface area (Å²) in [6, 6.07) is 16.4. The Bertz CT molecular complexity index is 638. The number of para-hydroxylation sites is 1. The zero-order chi connectivity index (χ0) is 15.8. The Morgan fingerprint density at radius 1 is 1.05 bits per heavy atom. The number of nitrogens with one attached hydrogen (secondary N) is 2. The minimum Gasteiger partial charge on any atom is -0.496 e. The van der Waals surface area contributed by atoms with E-state index in [1.54, 1.807) is 14.2 Å². The van der Waals surface area contributed by atoms with E-state index in [9.17, 15) is 0 Å². The number of ether oxygens (including phenoxy) is 1. The molecule has 2 N–H and O–H groups in total. The molecule has 0 amide bonds. The topological polar surface area (TPSA) is 45.7 Å². The Kier molecular flexibility index (Phi) is 5.83. The van der Waals surface area contributed by atoms with Crippen LogP contribution >= 0.6 is 0 Å². The summed E-state index contributed by atoms with van der Waals surface area (Å²) >= 11 is 0. The van der Waals surface area contributed by atoms with E-state index in [4.69, 9.17) is 4.74 Å². The molecule has 0 aliphatic rings. The Morgan fingerprint density at radius 2 is 1.82 bits per heavy atom. The van der Waals surface area contributed by atoms with Crippen molar-refractivity contribution in [3.8, 4) is 5.75 Å². The second-order valence-electron chi connectivity index (χ2n) is 5.08. The molecule has 2 aromatic carbocycles. The molecule has 0 aliphatic carbocycles. The van der Waals surface area contributed by atoms with Crippen molar-refractivity contribution >= 4 is 5.96 Å². The van der Waals surface area contributed by atoms with E-state index in [1.165, 1.54) is 11.1 Å². The largest absolute Gasteiger partial charge is 0.496 e. The molecule has 2 rings (SSSR count). The average Bonchev–Trinajstić information content (AvgIpc) is 2.55. The molecule has 0 unspecified atom stereocenters. The molecule has 0 spiro atoms. The quantitative estimate of drug-likeness (QED) is 0.659. The van der Waals surface area contributed by atoms with Gasteiger partial charge in [-0.15, -0.1) is 0 Å². The number of nitrogens with zero attached hydrogens (tertiary/aromatic N) is 1. The fourth-order valence-electron chi connectivity index (χ4n) is 2.26. The van der Waals surface area contributed by atoms with Crippen molar-refractivity contribution in [1.82, 2.24) is 10.6 Å². The molecule has 0 aromatic heterocycles. The third kappa shape index (κ3) is 4.52. The number of rotatable bonds is 5. The van der Waals surface area contributed by atoms with Crippen LogP contribution in [0.4, 0.5) is 0 Å². The van der Waals surface area contributed by atoms with E-state index < -0.39 is 0 Å². The molecule has 116 valence electrons. The second-order valence-corrected chi connectivity index (χ2v) is 5.08. The van der Waals surface area contributed by atoms with Crippen LogP contribution in [0.1, 0.15) is 16.7 Å². The minimum atomic E-state index is 0.664. The maximum Gasteiger partial charge on any atom is 0.191 e. The fourth-order valence-corrected chi connectivity index (χ4v) is 2.26. The van der Waals surface area contributed by atoms with Crippen molar-refractivity contribution in [2.24, 2.45) is 4.99 Å². The van der Waals surface area contributed by atoms with E-state index in [0.717, 1.165) is 23.8 Å². The fraction of sp³-hybridized carbons (Fsp3) is 0.278. The summed E-state index contributed by atoms with van der Waals surface area (Å²) in [5.74, 6) is 1.65. The van der Waals surface area contributed by atoms with Gasteiger partial charge in [-0.2, -0.15) is 0 Å². The Morgan fingerprint density at radius 3 is 2.55 bits per heavy atom. The van der Waals surface area contributed by atoms with Crippen LogP contribution in [0.25, 0.3) is 0 Å². The van der Waals surface area contributed by atoms with Crippen molar-refractivity contribution in [2.45, 2.75) is 20.0 Å². The van der Waals surface area contributed by atoms with E-state index >= 15 is 0 Å². The number of aliphatic imine (C=N–C) groups is 1. The van der Waals surface area contributed by atoms with Crippen LogP contribution in [-0.4, -0.2) is 20.1 Å². The number of aryl methyl sites for hydroxylation is 1. The molecule has 0 aliphatic heterocycles. The van der Waals surface area contributed by atoms with Crippen LogP contribution in [-0.2, 0) is 13.1 Å². The van der Waals surface area contributed by atoms with E-state index in [1.807, 2.05) is 24.3 Å². The van der Waals surface area contributed by atoms with Gasteiger partial charge in [0.1, 0.15) is 5.75 Å². The lowest BCUT2D eigenvalue weighted by molar-refractivity contribution is 0.409. The maximum absolute atomic E-state index is 5.35. The summed E-state index contributed by atoms with van der Waals surface area (Å²) in [6.45, 7) is 3.50. The third-order valence-electron chi connectivity index (χ3n) is 3.40. The monoisotopic (exact) mass is 297 g/mol. The first kappa shape index (κ1) is 15.9. The molecule has 0 radical (unpaired) electrons. The summed E-state index contributed by atoms with van der Waals surface area (Å²) in [6.07, 6.45) is 0.